The molecule has 282 valence electrons. The van der Waals surface area contributed by atoms with Crippen LogP contribution in [0.25, 0.3) is 10.8 Å². The zero-order chi connectivity index (χ0) is 38.0. The van der Waals surface area contributed by atoms with Gasteiger partial charge in [-0.05, 0) is 52.8 Å². The number of pyridine rings is 1. The van der Waals surface area contributed by atoms with E-state index in [-0.39, 0.29) is 31.3 Å². The van der Waals surface area contributed by atoms with Gasteiger partial charge in [0, 0.05) is 31.3 Å². The summed E-state index contributed by atoms with van der Waals surface area (Å²) < 4.78 is 5.47. The minimum atomic E-state index is -1.15. The van der Waals surface area contributed by atoms with Crippen LogP contribution in [0.2, 0.25) is 0 Å². The van der Waals surface area contributed by atoms with Gasteiger partial charge in [-0.1, -0.05) is 112 Å². The Balaban J connectivity index is 1.46. The maximum atomic E-state index is 14.0. The largest absolute Gasteiger partial charge is 0.445 e. The van der Waals surface area contributed by atoms with E-state index in [1.807, 2.05) is 112 Å². The second-order valence-corrected chi connectivity index (χ2v) is 13.7. The van der Waals surface area contributed by atoms with Gasteiger partial charge in [0.25, 0.3) is 0 Å². The monoisotopic (exact) mass is 723 g/mol. The predicted molar refractivity (Wildman–Crippen MR) is 206 cm³/mol. The molecule has 4 rings (SSSR count). The lowest BCUT2D eigenvalue weighted by Crippen LogP contribution is -2.57. The standard InChI is InChI=1S/C42H53N5O6/c1-4-5-21-35(40(50)46-36(25-29(2)3)38(48)27-39(49)44-24-22-33-19-11-12-23-43-33)45-41(51)37(47-42(52)53-28-30-14-7-6-8-15-30)26-32-18-13-17-31-16-9-10-20-34(31)32/h6-20,23,29,35-38,48H,4-5,21-22,24-28H2,1-3H3,(H,44,49)(H,45,51)(H,46,50)(H,47,52)/t35-,36?,37-,38?/m0/s1. The number of ether oxygens (including phenoxy) is 1. The fourth-order valence-electron chi connectivity index (χ4n) is 6.14. The van der Waals surface area contributed by atoms with E-state index in [2.05, 4.69) is 26.3 Å². The van der Waals surface area contributed by atoms with E-state index in [0.717, 1.165) is 34.0 Å². The molecular formula is C42H53N5O6. The Morgan fingerprint density at radius 3 is 2.26 bits per heavy atom. The fourth-order valence-corrected chi connectivity index (χ4v) is 6.14. The van der Waals surface area contributed by atoms with Gasteiger partial charge in [-0.2, -0.15) is 0 Å². The lowest BCUT2D eigenvalue weighted by Gasteiger charge is -2.29. The third kappa shape index (κ3) is 13.6. The number of hydrogen-bond acceptors (Lipinski definition) is 7. The third-order valence-electron chi connectivity index (χ3n) is 8.95. The summed E-state index contributed by atoms with van der Waals surface area (Å²) >= 11 is 0. The molecule has 11 nitrogen and oxygen atoms in total. The highest BCUT2D eigenvalue weighted by Crippen LogP contribution is 2.20. The number of aliphatic hydroxyl groups excluding tert-OH is 1. The normalized spacial score (nSPS) is 13.4. The number of aromatic nitrogens is 1. The van der Waals surface area contributed by atoms with E-state index in [9.17, 15) is 24.3 Å². The molecule has 0 aliphatic carbocycles. The summed E-state index contributed by atoms with van der Waals surface area (Å²) in [7, 11) is 0. The van der Waals surface area contributed by atoms with Crippen LogP contribution < -0.4 is 21.3 Å². The van der Waals surface area contributed by atoms with Crippen molar-refractivity contribution in [3.8, 4) is 0 Å². The Morgan fingerprint density at radius 1 is 0.811 bits per heavy atom. The molecule has 4 atom stereocenters. The summed E-state index contributed by atoms with van der Waals surface area (Å²) in [6.07, 6.45) is 2.46. The van der Waals surface area contributed by atoms with E-state index < -0.39 is 42.1 Å². The zero-order valence-corrected chi connectivity index (χ0v) is 30.9. The first-order valence-electron chi connectivity index (χ1n) is 18.5. The van der Waals surface area contributed by atoms with Crippen LogP contribution in [0, 0.1) is 5.92 Å². The number of unbranched alkanes of at least 4 members (excludes halogenated alkanes) is 1. The van der Waals surface area contributed by atoms with E-state index in [1.54, 1.807) is 6.20 Å². The van der Waals surface area contributed by atoms with Crippen molar-refractivity contribution in [2.75, 3.05) is 6.54 Å². The Morgan fingerprint density at radius 2 is 1.53 bits per heavy atom. The molecule has 1 aromatic heterocycles. The van der Waals surface area contributed by atoms with Crippen molar-refractivity contribution in [2.45, 2.75) is 96.6 Å². The molecule has 3 aromatic carbocycles. The number of carbonyl (C=O) groups is 4. The van der Waals surface area contributed by atoms with Crippen molar-refractivity contribution in [3.63, 3.8) is 0 Å². The average molecular weight is 724 g/mol. The van der Waals surface area contributed by atoms with Gasteiger partial charge < -0.3 is 31.1 Å². The summed E-state index contributed by atoms with van der Waals surface area (Å²) in [6, 6.07) is 25.7. The first kappa shape index (κ1) is 40.5. The van der Waals surface area contributed by atoms with E-state index in [4.69, 9.17) is 4.74 Å². The number of amides is 4. The van der Waals surface area contributed by atoms with Crippen LogP contribution >= 0.6 is 0 Å². The molecule has 0 spiro atoms. The van der Waals surface area contributed by atoms with Gasteiger partial charge >= 0.3 is 6.09 Å². The van der Waals surface area contributed by atoms with Gasteiger partial charge in [-0.25, -0.2) is 4.79 Å². The topological polar surface area (TPSA) is 159 Å². The highest BCUT2D eigenvalue weighted by atomic mass is 16.5. The van der Waals surface area contributed by atoms with Gasteiger partial charge in [-0.15, -0.1) is 0 Å². The van der Waals surface area contributed by atoms with Gasteiger partial charge in [0.2, 0.25) is 17.7 Å². The van der Waals surface area contributed by atoms with Crippen molar-refractivity contribution in [3.05, 3.63) is 114 Å². The minimum Gasteiger partial charge on any atom is -0.445 e. The van der Waals surface area contributed by atoms with Crippen LogP contribution in [0.1, 0.15) is 69.7 Å². The number of nitrogens with zero attached hydrogens (tertiary/aromatic N) is 1. The molecule has 0 aliphatic rings. The summed E-state index contributed by atoms with van der Waals surface area (Å²) in [5, 5.41) is 24.5. The molecule has 4 amide bonds. The van der Waals surface area contributed by atoms with Crippen molar-refractivity contribution in [2.24, 2.45) is 5.92 Å². The third-order valence-corrected chi connectivity index (χ3v) is 8.95. The summed E-state index contributed by atoms with van der Waals surface area (Å²) in [5.74, 6) is -1.25. The molecule has 2 unspecified atom stereocenters. The molecule has 1 heterocycles. The molecule has 0 fully saturated rings. The number of nitrogens with one attached hydrogen (secondary N) is 4. The second-order valence-electron chi connectivity index (χ2n) is 13.7. The highest BCUT2D eigenvalue weighted by Gasteiger charge is 2.31. The van der Waals surface area contributed by atoms with E-state index in [0.29, 0.717) is 32.2 Å². The van der Waals surface area contributed by atoms with E-state index in [1.165, 1.54) is 0 Å². The van der Waals surface area contributed by atoms with Crippen molar-refractivity contribution < 1.29 is 29.0 Å². The number of aliphatic hydroxyl groups is 1. The molecule has 53 heavy (non-hydrogen) atoms. The molecule has 0 saturated heterocycles. The van der Waals surface area contributed by atoms with Crippen LogP contribution in [0.5, 0.6) is 0 Å². The summed E-state index contributed by atoms with van der Waals surface area (Å²) in [5.41, 5.74) is 2.49. The van der Waals surface area contributed by atoms with Crippen LogP contribution in [-0.4, -0.2) is 64.7 Å². The second kappa shape index (κ2) is 21.3. The van der Waals surface area contributed by atoms with Gasteiger partial charge in [0.1, 0.15) is 18.7 Å². The van der Waals surface area contributed by atoms with Crippen LogP contribution in [0.15, 0.2) is 97.2 Å². The molecule has 0 saturated carbocycles. The average Bonchev–Trinajstić information content (AvgIpc) is 3.15. The number of rotatable bonds is 20. The quantitative estimate of drug-likeness (QED) is 0.0818. The molecule has 0 aliphatic heterocycles. The SMILES string of the molecule is CCCC[C@H](NC(=O)[C@H](Cc1cccc2ccccc12)NC(=O)OCc1ccccc1)C(=O)NC(CC(C)C)C(O)CC(=O)NCCc1ccccn1. The number of carbonyl (C=O) groups excluding carboxylic acids is 4. The van der Waals surface area contributed by atoms with Crippen LogP contribution in [0.3, 0.4) is 0 Å². The first-order chi connectivity index (χ1) is 25.6. The smallest absolute Gasteiger partial charge is 0.408 e. The Bertz CT molecular complexity index is 1750. The van der Waals surface area contributed by atoms with Gasteiger partial charge in [-0.3, -0.25) is 19.4 Å². The van der Waals surface area contributed by atoms with Gasteiger partial charge in [0.15, 0.2) is 0 Å². The number of hydrogen-bond donors (Lipinski definition) is 5. The van der Waals surface area contributed by atoms with Crippen molar-refractivity contribution in [1.29, 1.82) is 0 Å². The molecule has 0 radical (unpaired) electrons. The number of alkyl carbamates (subject to hydrolysis) is 1. The number of fused-ring (bicyclic) bond motifs is 1. The molecule has 4 aromatic rings. The molecular weight excluding hydrogens is 670 g/mol. The fraction of sp³-hybridized carbons (Fsp3) is 0.405. The van der Waals surface area contributed by atoms with Crippen LogP contribution in [0.4, 0.5) is 4.79 Å². The number of benzene rings is 3. The summed E-state index contributed by atoms with van der Waals surface area (Å²) in [4.78, 5) is 58.0. The van der Waals surface area contributed by atoms with Crippen molar-refractivity contribution in [1.82, 2.24) is 26.3 Å². The van der Waals surface area contributed by atoms with E-state index >= 15 is 0 Å². The zero-order valence-electron chi connectivity index (χ0n) is 30.9. The van der Waals surface area contributed by atoms with Crippen LogP contribution in [-0.2, 0) is 38.6 Å². The summed E-state index contributed by atoms with van der Waals surface area (Å²) in [6.45, 7) is 6.31. The van der Waals surface area contributed by atoms with Gasteiger partial charge in [0.05, 0.1) is 18.6 Å². The Hall–Kier alpha value is -5.29. The van der Waals surface area contributed by atoms with Crippen molar-refractivity contribution >= 4 is 34.6 Å². The highest BCUT2D eigenvalue weighted by molar-refractivity contribution is 5.92. The molecule has 0 bridgehead atoms. The maximum Gasteiger partial charge on any atom is 0.408 e. The Kier molecular flexibility index (Phi) is 16.3. The maximum absolute atomic E-state index is 14.0. The minimum absolute atomic E-state index is 0.0264. The lowest BCUT2D eigenvalue weighted by molar-refractivity contribution is -0.131. The lowest BCUT2D eigenvalue weighted by atomic mass is 9.96. The molecule has 5 N–H and O–H groups in total. The predicted octanol–water partition coefficient (Wildman–Crippen LogP) is 5.39. The Labute approximate surface area is 312 Å². The first-order valence-corrected chi connectivity index (χ1v) is 18.5. The molecule has 11 heteroatoms.